The molecule has 2 aliphatic rings. The van der Waals surface area contributed by atoms with E-state index in [0.29, 0.717) is 13.0 Å². The SMILES string of the molecule is O=C(NCCCN1C(=O)c2ccc([N+](=O)[O-])cc2C1=O)NC1CCCCC1. The Morgan fingerprint density at radius 2 is 1.85 bits per heavy atom. The molecule has 1 aromatic rings. The number of nitrogens with zero attached hydrogens (tertiary/aromatic N) is 2. The van der Waals surface area contributed by atoms with Gasteiger partial charge in [0.2, 0.25) is 0 Å². The van der Waals surface area contributed by atoms with Gasteiger partial charge in [0, 0.05) is 31.3 Å². The maximum absolute atomic E-state index is 12.4. The highest BCUT2D eigenvalue weighted by Crippen LogP contribution is 2.26. The smallest absolute Gasteiger partial charge is 0.315 e. The Kier molecular flexibility index (Phi) is 5.68. The zero-order chi connectivity index (χ0) is 19.4. The first kappa shape index (κ1) is 18.8. The van der Waals surface area contributed by atoms with Crippen LogP contribution >= 0.6 is 0 Å². The van der Waals surface area contributed by atoms with Gasteiger partial charge in [0.25, 0.3) is 17.5 Å². The van der Waals surface area contributed by atoms with Gasteiger partial charge in [-0.05, 0) is 25.3 Å². The molecule has 0 atom stereocenters. The number of imide groups is 1. The van der Waals surface area contributed by atoms with E-state index in [-0.39, 0.29) is 35.4 Å². The molecule has 1 aromatic carbocycles. The van der Waals surface area contributed by atoms with E-state index >= 15 is 0 Å². The summed E-state index contributed by atoms with van der Waals surface area (Å²) < 4.78 is 0. The van der Waals surface area contributed by atoms with Gasteiger partial charge in [-0.3, -0.25) is 24.6 Å². The third kappa shape index (κ3) is 4.24. The van der Waals surface area contributed by atoms with Gasteiger partial charge in [-0.1, -0.05) is 19.3 Å². The van der Waals surface area contributed by atoms with Gasteiger partial charge < -0.3 is 10.6 Å². The molecule has 0 saturated heterocycles. The Morgan fingerprint density at radius 3 is 2.56 bits per heavy atom. The van der Waals surface area contributed by atoms with Crippen molar-refractivity contribution < 1.29 is 19.3 Å². The van der Waals surface area contributed by atoms with Gasteiger partial charge >= 0.3 is 6.03 Å². The molecule has 9 nitrogen and oxygen atoms in total. The summed E-state index contributed by atoms with van der Waals surface area (Å²) in [5, 5.41) is 16.5. The fraction of sp³-hybridized carbons (Fsp3) is 0.500. The van der Waals surface area contributed by atoms with E-state index in [0.717, 1.165) is 36.6 Å². The number of non-ortho nitro benzene ring substituents is 1. The molecule has 1 aliphatic heterocycles. The quantitative estimate of drug-likeness (QED) is 0.342. The van der Waals surface area contributed by atoms with Crippen LogP contribution in [0.15, 0.2) is 18.2 Å². The largest absolute Gasteiger partial charge is 0.338 e. The van der Waals surface area contributed by atoms with Crippen molar-refractivity contribution in [2.75, 3.05) is 13.1 Å². The predicted molar refractivity (Wildman–Crippen MR) is 96.5 cm³/mol. The van der Waals surface area contributed by atoms with Crippen LogP contribution in [0.1, 0.15) is 59.2 Å². The van der Waals surface area contributed by atoms with Crippen molar-refractivity contribution >= 4 is 23.5 Å². The Bertz CT molecular complexity index is 773. The number of hydrogen-bond donors (Lipinski definition) is 2. The first-order valence-electron chi connectivity index (χ1n) is 9.16. The molecule has 0 spiro atoms. The number of amides is 4. The third-order valence-electron chi connectivity index (χ3n) is 4.95. The second kappa shape index (κ2) is 8.15. The molecular weight excluding hydrogens is 352 g/mol. The number of fused-ring (bicyclic) bond motifs is 1. The van der Waals surface area contributed by atoms with Crippen LogP contribution in [0.3, 0.4) is 0 Å². The lowest BCUT2D eigenvalue weighted by atomic mass is 9.96. The van der Waals surface area contributed by atoms with Gasteiger partial charge in [0.15, 0.2) is 0 Å². The molecule has 9 heteroatoms. The molecule has 1 aliphatic carbocycles. The van der Waals surface area contributed by atoms with E-state index in [1.165, 1.54) is 18.6 Å². The van der Waals surface area contributed by atoms with Crippen molar-refractivity contribution in [3.63, 3.8) is 0 Å². The lowest BCUT2D eigenvalue weighted by Crippen LogP contribution is -2.43. The van der Waals surface area contributed by atoms with Crippen molar-refractivity contribution in [3.05, 3.63) is 39.4 Å². The molecule has 2 N–H and O–H groups in total. The Labute approximate surface area is 156 Å². The van der Waals surface area contributed by atoms with Crippen molar-refractivity contribution in [2.45, 2.75) is 44.6 Å². The highest BCUT2D eigenvalue weighted by molar-refractivity contribution is 6.21. The average molecular weight is 374 g/mol. The number of nitrogens with one attached hydrogen (secondary N) is 2. The molecular formula is C18H22N4O5. The molecule has 4 amide bonds. The molecule has 0 bridgehead atoms. The van der Waals surface area contributed by atoms with E-state index in [9.17, 15) is 24.5 Å². The summed E-state index contributed by atoms with van der Waals surface area (Å²) in [4.78, 5) is 47.9. The molecule has 1 saturated carbocycles. The zero-order valence-corrected chi connectivity index (χ0v) is 14.9. The van der Waals surface area contributed by atoms with Gasteiger partial charge in [-0.15, -0.1) is 0 Å². The van der Waals surface area contributed by atoms with Crippen molar-refractivity contribution in [3.8, 4) is 0 Å². The van der Waals surface area contributed by atoms with Gasteiger partial charge in [0.05, 0.1) is 16.1 Å². The molecule has 27 heavy (non-hydrogen) atoms. The molecule has 1 fully saturated rings. The van der Waals surface area contributed by atoms with Crippen LogP contribution < -0.4 is 10.6 Å². The summed E-state index contributed by atoms with van der Waals surface area (Å²) in [6.07, 6.45) is 5.86. The van der Waals surface area contributed by atoms with Crippen LogP contribution in [-0.2, 0) is 0 Å². The van der Waals surface area contributed by atoms with E-state index in [2.05, 4.69) is 10.6 Å². The van der Waals surface area contributed by atoms with Crippen LogP contribution in [-0.4, -0.2) is 46.8 Å². The molecule has 144 valence electrons. The lowest BCUT2D eigenvalue weighted by molar-refractivity contribution is -0.384. The minimum Gasteiger partial charge on any atom is -0.338 e. The fourth-order valence-corrected chi connectivity index (χ4v) is 3.52. The summed E-state index contributed by atoms with van der Waals surface area (Å²) in [6, 6.07) is 3.63. The van der Waals surface area contributed by atoms with E-state index in [1.54, 1.807) is 0 Å². The number of urea groups is 1. The number of rotatable bonds is 6. The maximum Gasteiger partial charge on any atom is 0.315 e. The van der Waals surface area contributed by atoms with Gasteiger partial charge in [-0.25, -0.2) is 4.79 Å². The number of nitro groups is 1. The summed E-state index contributed by atoms with van der Waals surface area (Å²) >= 11 is 0. The first-order chi connectivity index (χ1) is 13.0. The number of hydrogen-bond acceptors (Lipinski definition) is 5. The first-order valence-corrected chi connectivity index (χ1v) is 9.16. The summed E-state index contributed by atoms with van der Waals surface area (Å²) in [7, 11) is 0. The van der Waals surface area contributed by atoms with Crippen LogP contribution in [0.25, 0.3) is 0 Å². The summed E-state index contributed by atoms with van der Waals surface area (Å²) in [5.74, 6) is -0.998. The standard InChI is InChI=1S/C18H22N4O5/c23-16-14-8-7-13(22(26)27)11-15(14)17(24)21(16)10-4-9-19-18(25)20-12-5-2-1-3-6-12/h7-8,11-12H,1-6,9-10H2,(H2,19,20,25). The van der Waals surface area contributed by atoms with E-state index in [4.69, 9.17) is 0 Å². The summed E-state index contributed by atoms with van der Waals surface area (Å²) in [6.45, 7) is 0.468. The third-order valence-corrected chi connectivity index (χ3v) is 4.95. The Morgan fingerprint density at radius 1 is 1.15 bits per heavy atom. The number of carbonyl (C=O) groups excluding carboxylic acids is 3. The van der Waals surface area contributed by atoms with Crippen LogP contribution in [0.4, 0.5) is 10.5 Å². The topological polar surface area (TPSA) is 122 Å². The Balaban J connectivity index is 1.47. The Hall–Kier alpha value is -2.97. The second-order valence-electron chi connectivity index (χ2n) is 6.84. The predicted octanol–water partition coefficient (Wildman–Crippen LogP) is 2.21. The molecule has 0 radical (unpaired) electrons. The second-order valence-corrected chi connectivity index (χ2v) is 6.84. The average Bonchev–Trinajstić information content (AvgIpc) is 2.90. The van der Waals surface area contributed by atoms with Crippen molar-refractivity contribution in [2.24, 2.45) is 0 Å². The monoisotopic (exact) mass is 374 g/mol. The number of benzene rings is 1. The zero-order valence-electron chi connectivity index (χ0n) is 14.9. The van der Waals surface area contributed by atoms with E-state index < -0.39 is 16.7 Å². The van der Waals surface area contributed by atoms with Gasteiger partial charge in [-0.2, -0.15) is 0 Å². The van der Waals surface area contributed by atoms with Crippen LogP contribution in [0.2, 0.25) is 0 Å². The molecule has 0 unspecified atom stereocenters. The molecule has 1 heterocycles. The summed E-state index contributed by atoms with van der Waals surface area (Å²) in [5.41, 5.74) is 0.00334. The fourth-order valence-electron chi connectivity index (χ4n) is 3.52. The highest BCUT2D eigenvalue weighted by Gasteiger charge is 2.36. The van der Waals surface area contributed by atoms with E-state index in [1.807, 2.05) is 0 Å². The van der Waals surface area contributed by atoms with Crippen molar-refractivity contribution in [1.82, 2.24) is 15.5 Å². The van der Waals surface area contributed by atoms with Crippen molar-refractivity contribution in [1.29, 1.82) is 0 Å². The van der Waals surface area contributed by atoms with Crippen LogP contribution in [0, 0.1) is 10.1 Å². The van der Waals surface area contributed by atoms with Gasteiger partial charge in [0.1, 0.15) is 0 Å². The van der Waals surface area contributed by atoms with Crippen LogP contribution in [0.5, 0.6) is 0 Å². The lowest BCUT2D eigenvalue weighted by Gasteiger charge is -2.23. The molecule has 3 rings (SSSR count). The minimum absolute atomic E-state index is 0.0530. The highest BCUT2D eigenvalue weighted by atomic mass is 16.6. The minimum atomic E-state index is -0.602. The molecule has 0 aromatic heterocycles. The number of carbonyl (C=O) groups is 3. The number of nitro benzene ring substituents is 1. The normalized spacial score (nSPS) is 17.0. The maximum atomic E-state index is 12.4.